The van der Waals surface area contributed by atoms with Crippen LogP contribution in [0.2, 0.25) is 0 Å². The van der Waals surface area contributed by atoms with Crippen LogP contribution in [0.1, 0.15) is 46.0 Å². The predicted molar refractivity (Wildman–Crippen MR) is 90.8 cm³/mol. The van der Waals surface area contributed by atoms with Crippen molar-refractivity contribution in [3.05, 3.63) is 17.4 Å². The van der Waals surface area contributed by atoms with Crippen molar-refractivity contribution >= 4 is 34.5 Å². The van der Waals surface area contributed by atoms with Gasteiger partial charge in [-0.15, -0.1) is 5.73 Å². The maximum absolute atomic E-state index is 5.18. The van der Waals surface area contributed by atoms with Crippen LogP contribution in [0.3, 0.4) is 0 Å². The molecule has 0 bridgehead atoms. The van der Waals surface area contributed by atoms with E-state index in [2.05, 4.69) is 30.8 Å². The summed E-state index contributed by atoms with van der Waals surface area (Å²) in [4.78, 5) is 0. The zero-order valence-corrected chi connectivity index (χ0v) is 14.0. The summed E-state index contributed by atoms with van der Waals surface area (Å²) in [5, 5.41) is 6.14. The minimum Gasteiger partial charge on any atom is -0.252 e. The van der Waals surface area contributed by atoms with Gasteiger partial charge in [-0.1, -0.05) is 44.2 Å². The summed E-state index contributed by atoms with van der Waals surface area (Å²) >= 11 is 6.71. The van der Waals surface area contributed by atoms with E-state index in [9.17, 15) is 0 Å². The molecule has 1 aliphatic carbocycles. The first-order valence-corrected chi connectivity index (χ1v) is 8.40. The molecule has 0 spiro atoms. The summed E-state index contributed by atoms with van der Waals surface area (Å²) < 4.78 is 0.779. The molecule has 0 radical (unpaired) electrons. The molecule has 1 rings (SSSR count). The summed E-state index contributed by atoms with van der Waals surface area (Å²) in [6.07, 6.45) is 12.4. The highest BCUT2D eigenvalue weighted by molar-refractivity contribution is 8.22. The van der Waals surface area contributed by atoms with E-state index in [-0.39, 0.29) is 5.41 Å². The molecule has 0 aliphatic heterocycles. The van der Waals surface area contributed by atoms with Crippen molar-refractivity contribution in [2.75, 3.05) is 13.3 Å². The third-order valence-corrected chi connectivity index (χ3v) is 4.49. The predicted octanol–water partition coefficient (Wildman–Crippen LogP) is 4.62. The van der Waals surface area contributed by atoms with E-state index in [0.29, 0.717) is 0 Å². The lowest BCUT2D eigenvalue weighted by Crippen LogP contribution is -2.18. The Morgan fingerprint density at radius 1 is 1.37 bits per heavy atom. The van der Waals surface area contributed by atoms with E-state index >= 15 is 0 Å². The highest BCUT2D eigenvalue weighted by Gasteiger charge is 2.12. The molecule has 1 saturated carbocycles. The minimum absolute atomic E-state index is 0.0905. The number of hydrogen-bond donors (Lipinski definition) is 0. The van der Waals surface area contributed by atoms with Crippen LogP contribution < -0.4 is 0 Å². The standard InChI is InChI=1S/C15H24N2S2/c1-15(2,12-16-17(3)14(18)19-4)11-10-13-8-6-5-7-9-13/h11-12H,5-9H2,1-4H3/b16-12+. The van der Waals surface area contributed by atoms with Gasteiger partial charge in [-0.05, 0) is 43.6 Å². The SMILES string of the molecule is CSC(=S)N(C)/N=C/C(C)(C)C=C=C1CCCCC1. The second-order valence-corrected chi connectivity index (χ2v) is 6.95. The van der Waals surface area contributed by atoms with Gasteiger partial charge in [0.05, 0.1) is 0 Å². The van der Waals surface area contributed by atoms with Crippen molar-refractivity contribution < 1.29 is 0 Å². The highest BCUT2D eigenvalue weighted by Crippen LogP contribution is 2.23. The van der Waals surface area contributed by atoms with Gasteiger partial charge in [0.2, 0.25) is 0 Å². The molecule has 2 nitrogen and oxygen atoms in total. The van der Waals surface area contributed by atoms with Crippen LogP contribution in [0.4, 0.5) is 0 Å². The minimum atomic E-state index is -0.0905. The number of allylic oxidation sites excluding steroid dienone is 1. The Kier molecular flexibility index (Phi) is 6.84. The van der Waals surface area contributed by atoms with Crippen LogP contribution in [-0.4, -0.2) is 28.8 Å². The maximum atomic E-state index is 5.18. The number of rotatable bonds is 3. The lowest BCUT2D eigenvalue weighted by Gasteiger charge is -2.17. The summed E-state index contributed by atoms with van der Waals surface area (Å²) in [5.74, 6) is 0. The van der Waals surface area contributed by atoms with Gasteiger partial charge in [-0.25, -0.2) is 0 Å². The smallest absolute Gasteiger partial charge is 0.156 e. The molecule has 106 valence electrons. The summed E-state index contributed by atoms with van der Waals surface area (Å²) in [5.41, 5.74) is 4.84. The first-order chi connectivity index (χ1) is 8.94. The Bertz CT molecular complexity index is 396. The molecule has 0 aromatic heterocycles. The molecule has 0 amide bonds. The van der Waals surface area contributed by atoms with Crippen molar-refractivity contribution in [3.8, 4) is 0 Å². The van der Waals surface area contributed by atoms with E-state index in [4.69, 9.17) is 12.2 Å². The molecule has 0 heterocycles. The fraction of sp³-hybridized carbons (Fsp3) is 0.667. The molecule has 0 aromatic rings. The third-order valence-electron chi connectivity index (χ3n) is 3.11. The summed E-state index contributed by atoms with van der Waals surface area (Å²) in [6, 6.07) is 0. The Labute approximate surface area is 127 Å². The monoisotopic (exact) mass is 296 g/mol. The van der Waals surface area contributed by atoms with Crippen molar-refractivity contribution in [3.63, 3.8) is 0 Å². The van der Waals surface area contributed by atoms with Crippen LogP contribution in [-0.2, 0) is 0 Å². The van der Waals surface area contributed by atoms with Gasteiger partial charge in [0.1, 0.15) is 0 Å². The molecule has 0 atom stereocenters. The summed E-state index contributed by atoms with van der Waals surface area (Å²) in [7, 11) is 1.88. The molecular formula is C15H24N2S2. The van der Waals surface area contributed by atoms with Gasteiger partial charge in [0.25, 0.3) is 0 Å². The van der Waals surface area contributed by atoms with Gasteiger partial charge in [-0.2, -0.15) is 5.10 Å². The number of nitrogens with zero attached hydrogens (tertiary/aromatic N) is 2. The number of thiocarbonyl (C=S) groups is 1. The molecule has 0 saturated heterocycles. The Hall–Kier alpha value is -0.570. The quantitative estimate of drug-likeness (QED) is 0.327. The summed E-state index contributed by atoms with van der Waals surface area (Å²) in [6.45, 7) is 4.28. The van der Waals surface area contributed by atoms with Crippen molar-refractivity contribution in [2.45, 2.75) is 46.0 Å². The normalized spacial score (nSPS) is 16.3. The van der Waals surface area contributed by atoms with Crippen LogP contribution in [0.15, 0.2) is 22.5 Å². The number of thioether (sulfide) groups is 1. The molecule has 0 N–H and O–H groups in total. The molecule has 4 heteroatoms. The molecule has 1 aliphatic rings. The molecular weight excluding hydrogens is 272 g/mol. The second kappa shape index (κ2) is 7.88. The van der Waals surface area contributed by atoms with E-state index in [0.717, 1.165) is 4.32 Å². The average Bonchev–Trinajstić information content (AvgIpc) is 2.43. The van der Waals surface area contributed by atoms with E-state index in [1.54, 1.807) is 5.01 Å². The molecule has 19 heavy (non-hydrogen) atoms. The van der Waals surface area contributed by atoms with E-state index in [1.165, 1.54) is 49.4 Å². The van der Waals surface area contributed by atoms with E-state index < -0.39 is 0 Å². The zero-order valence-electron chi connectivity index (χ0n) is 12.4. The van der Waals surface area contributed by atoms with Crippen LogP contribution in [0, 0.1) is 5.41 Å². The Balaban J connectivity index is 2.67. The van der Waals surface area contributed by atoms with Crippen LogP contribution in [0.5, 0.6) is 0 Å². The van der Waals surface area contributed by atoms with Crippen molar-refractivity contribution in [2.24, 2.45) is 10.5 Å². The van der Waals surface area contributed by atoms with Crippen molar-refractivity contribution in [1.82, 2.24) is 5.01 Å². The van der Waals surface area contributed by atoms with Crippen LogP contribution >= 0.6 is 24.0 Å². The Morgan fingerprint density at radius 3 is 2.58 bits per heavy atom. The second-order valence-electron chi connectivity index (χ2n) is 5.51. The molecule has 0 aromatic carbocycles. The maximum Gasteiger partial charge on any atom is 0.156 e. The highest BCUT2D eigenvalue weighted by atomic mass is 32.2. The van der Waals surface area contributed by atoms with Gasteiger partial charge in [-0.3, -0.25) is 5.01 Å². The van der Waals surface area contributed by atoms with Crippen LogP contribution in [0.25, 0.3) is 0 Å². The lowest BCUT2D eigenvalue weighted by atomic mass is 9.92. The van der Waals surface area contributed by atoms with Gasteiger partial charge in [0, 0.05) is 18.7 Å². The number of hydrazone groups is 1. The van der Waals surface area contributed by atoms with Gasteiger partial charge < -0.3 is 0 Å². The van der Waals surface area contributed by atoms with Gasteiger partial charge in [0.15, 0.2) is 4.32 Å². The van der Waals surface area contributed by atoms with Gasteiger partial charge >= 0.3 is 0 Å². The third kappa shape index (κ3) is 6.42. The first-order valence-electron chi connectivity index (χ1n) is 6.77. The molecule has 1 fully saturated rings. The fourth-order valence-electron chi connectivity index (χ4n) is 1.86. The zero-order chi connectivity index (χ0) is 14.3. The average molecular weight is 297 g/mol. The molecule has 0 unspecified atom stereocenters. The first kappa shape index (κ1) is 16.5. The lowest BCUT2D eigenvalue weighted by molar-refractivity contribution is 0.551. The van der Waals surface area contributed by atoms with Crippen molar-refractivity contribution in [1.29, 1.82) is 0 Å². The number of hydrogen-bond acceptors (Lipinski definition) is 3. The Morgan fingerprint density at radius 2 is 2.00 bits per heavy atom. The van der Waals surface area contributed by atoms with E-state index in [1.807, 2.05) is 19.5 Å². The fourth-order valence-corrected chi connectivity index (χ4v) is 2.22. The topological polar surface area (TPSA) is 15.6 Å². The largest absolute Gasteiger partial charge is 0.252 e.